The topological polar surface area (TPSA) is 49.3 Å². The Bertz CT molecular complexity index is 453. The molecule has 0 aromatic heterocycles. The molecule has 5 heteroatoms. The largest absolute Gasteiger partial charge is 0.391 e. The molecule has 0 radical (unpaired) electrons. The molecule has 0 heterocycles. The van der Waals surface area contributed by atoms with E-state index in [0.717, 1.165) is 19.3 Å². The number of halogens is 2. The van der Waals surface area contributed by atoms with Crippen molar-refractivity contribution in [3.63, 3.8) is 0 Å². The number of aliphatic hydroxyl groups is 1. The van der Waals surface area contributed by atoms with Gasteiger partial charge in [-0.15, -0.1) is 0 Å². The van der Waals surface area contributed by atoms with Gasteiger partial charge in [-0.3, -0.25) is 4.79 Å². The number of hydrogen-bond donors (Lipinski definition) is 2. The summed E-state index contributed by atoms with van der Waals surface area (Å²) < 4.78 is 13.6. The Hall–Kier alpha value is -1.13. The van der Waals surface area contributed by atoms with Gasteiger partial charge in [-0.25, -0.2) is 4.39 Å². The van der Waals surface area contributed by atoms with E-state index in [-0.39, 0.29) is 16.6 Å². The molecule has 0 saturated heterocycles. The van der Waals surface area contributed by atoms with Crippen LogP contribution >= 0.6 is 11.6 Å². The second-order valence-corrected chi connectivity index (χ2v) is 4.94. The van der Waals surface area contributed by atoms with Gasteiger partial charge in [0.2, 0.25) is 0 Å². The summed E-state index contributed by atoms with van der Waals surface area (Å²) >= 11 is 5.62. The number of hydrogen-bond acceptors (Lipinski definition) is 2. The van der Waals surface area contributed by atoms with Crippen LogP contribution in [0.1, 0.15) is 36.0 Å². The summed E-state index contributed by atoms with van der Waals surface area (Å²) in [6, 6.07) is 4.00. The molecule has 2 N–H and O–H groups in total. The van der Waals surface area contributed by atoms with Crippen molar-refractivity contribution in [3.05, 3.63) is 34.6 Å². The van der Waals surface area contributed by atoms with Gasteiger partial charge in [-0.2, -0.15) is 0 Å². The summed E-state index contributed by atoms with van der Waals surface area (Å²) in [6.07, 6.45) is 2.75. The second kappa shape index (κ2) is 5.67. The second-order valence-electron chi connectivity index (χ2n) is 4.53. The van der Waals surface area contributed by atoms with Crippen molar-refractivity contribution in [1.29, 1.82) is 0 Å². The van der Waals surface area contributed by atoms with Gasteiger partial charge in [0, 0.05) is 0 Å². The number of carbonyl (C=O) groups is 1. The van der Waals surface area contributed by atoms with Crippen LogP contribution in [0, 0.1) is 5.82 Å². The molecular formula is C13H15ClFNO2. The predicted octanol–water partition coefficient (Wildman–Crippen LogP) is 2.51. The summed E-state index contributed by atoms with van der Waals surface area (Å²) in [5, 5.41) is 12.3. The highest BCUT2D eigenvalue weighted by Gasteiger charge is 2.25. The van der Waals surface area contributed by atoms with Crippen molar-refractivity contribution in [1.82, 2.24) is 5.32 Å². The first-order valence-corrected chi connectivity index (χ1v) is 6.40. The van der Waals surface area contributed by atoms with Gasteiger partial charge in [0.25, 0.3) is 5.91 Å². The number of carbonyl (C=O) groups excluding carboxylic acids is 1. The van der Waals surface area contributed by atoms with Gasteiger partial charge < -0.3 is 10.4 Å². The van der Waals surface area contributed by atoms with E-state index in [0.29, 0.717) is 6.42 Å². The lowest BCUT2D eigenvalue weighted by Gasteiger charge is -2.28. The molecule has 98 valence electrons. The SMILES string of the molecule is O=C(N[C@@H]1CCCC[C@H]1O)c1cccc(Cl)c1F. The lowest BCUT2D eigenvalue weighted by Crippen LogP contribution is -2.45. The Morgan fingerprint density at radius 2 is 2.11 bits per heavy atom. The van der Waals surface area contributed by atoms with Gasteiger partial charge in [0.1, 0.15) is 0 Å². The summed E-state index contributed by atoms with van der Waals surface area (Å²) in [7, 11) is 0. The molecule has 0 spiro atoms. The third kappa shape index (κ3) is 2.82. The molecule has 1 amide bonds. The summed E-state index contributed by atoms with van der Waals surface area (Å²) in [5.41, 5.74) is -0.0831. The highest BCUT2D eigenvalue weighted by Crippen LogP contribution is 2.21. The lowest BCUT2D eigenvalue weighted by molar-refractivity contribution is 0.0714. The Labute approximate surface area is 110 Å². The average molecular weight is 272 g/mol. The van der Waals surface area contributed by atoms with Crippen molar-refractivity contribution in [2.24, 2.45) is 0 Å². The normalized spacial score (nSPS) is 23.7. The Balaban J connectivity index is 2.09. The molecule has 1 aromatic carbocycles. The van der Waals surface area contributed by atoms with Crippen LogP contribution in [0.15, 0.2) is 18.2 Å². The third-order valence-electron chi connectivity index (χ3n) is 3.24. The standard InChI is InChI=1S/C13H15ClFNO2/c14-9-5-3-4-8(12(9)15)13(18)16-10-6-1-2-7-11(10)17/h3-5,10-11,17H,1-2,6-7H2,(H,16,18)/t10-,11-/m1/s1. The molecule has 1 aliphatic rings. The Kier molecular flexibility index (Phi) is 4.19. The number of benzene rings is 1. The Morgan fingerprint density at radius 3 is 2.83 bits per heavy atom. The van der Waals surface area contributed by atoms with Crippen LogP contribution in [-0.2, 0) is 0 Å². The summed E-state index contributed by atoms with van der Waals surface area (Å²) in [6.45, 7) is 0. The minimum absolute atomic E-state index is 0.0770. The van der Waals surface area contributed by atoms with Crippen LogP contribution in [0.25, 0.3) is 0 Å². The maximum atomic E-state index is 13.6. The smallest absolute Gasteiger partial charge is 0.254 e. The van der Waals surface area contributed by atoms with Crippen molar-refractivity contribution < 1.29 is 14.3 Å². The number of aliphatic hydroxyl groups excluding tert-OH is 1. The van der Waals surface area contributed by atoms with Gasteiger partial charge in [-0.1, -0.05) is 30.5 Å². The van der Waals surface area contributed by atoms with Crippen molar-refractivity contribution in [3.8, 4) is 0 Å². The molecular weight excluding hydrogens is 257 g/mol. The van der Waals surface area contributed by atoms with Gasteiger partial charge in [-0.05, 0) is 25.0 Å². The zero-order valence-electron chi connectivity index (χ0n) is 9.83. The van der Waals surface area contributed by atoms with E-state index in [9.17, 15) is 14.3 Å². The van der Waals surface area contributed by atoms with Gasteiger partial charge in [0.05, 0.1) is 22.7 Å². The fourth-order valence-electron chi connectivity index (χ4n) is 2.20. The monoisotopic (exact) mass is 271 g/mol. The van der Waals surface area contributed by atoms with E-state index in [1.54, 1.807) is 0 Å². The van der Waals surface area contributed by atoms with E-state index in [2.05, 4.69) is 5.32 Å². The minimum atomic E-state index is -0.720. The van der Waals surface area contributed by atoms with Crippen LogP contribution in [0.4, 0.5) is 4.39 Å². The zero-order chi connectivity index (χ0) is 13.1. The van der Waals surface area contributed by atoms with E-state index in [4.69, 9.17) is 11.6 Å². The lowest BCUT2D eigenvalue weighted by atomic mass is 9.92. The highest BCUT2D eigenvalue weighted by atomic mass is 35.5. The molecule has 18 heavy (non-hydrogen) atoms. The first-order chi connectivity index (χ1) is 8.59. The first-order valence-electron chi connectivity index (χ1n) is 6.02. The predicted molar refractivity (Wildman–Crippen MR) is 67.1 cm³/mol. The fraction of sp³-hybridized carbons (Fsp3) is 0.462. The van der Waals surface area contributed by atoms with Crippen LogP contribution < -0.4 is 5.32 Å². The van der Waals surface area contributed by atoms with Crippen molar-refractivity contribution >= 4 is 17.5 Å². The molecule has 0 bridgehead atoms. The molecule has 1 saturated carbocycles. The van der Waals surface area contributed by atoms with Crippen molar-refractivity contribution in [2.45, 2.75) is 37.8 Å². The maximum Gasteiger partial charge on any atom is 0.254 e. The molecule has 3 nitrogen and oxygen atoms in total. The number of amides is 1. The van der Waals surface area contributed by atoms with Gasteiger partial charge in [0.15, 0.2) is 5.82 Å². The van der Waals surface area contributed by atoms with Crippen LogP contribution in [-0.4, -0.2) is 23.2 Å². The molecule has 1 fully saturated rings. The highest BCUT2D eigenvalue weighted by molar-refractivity contribution is 6.31. The average Bonchev–Trinajstić information content (AvgIpc) is 2.35. The number of nitrogens with one attached hydrogen (secondary N) is 1. The molecule has 1 aliphatic carbocycles. The summed E-state index contributed by atoms with van der Waals surface area (Å²) in [4.78, 5) is 11.9. The van der Waals surface area contributed by atoms with Gasteiger partial charge >= 0.3 is 0 Å². The van der Waals surface area contributed by atoms with Crippen LogP contribution in [0.2, 0.25) is 5.02 Å². The molecule has 2 rings (SSSR count). The fourth-order valence-corrected chi connectivity index (χ4v) is 2.38. The molecule has 1 aromatic rings. The molecule has 2 atom stereocenters. The Morgan fingerprint density at radius 1 is 1.39 bits per heavy atom. The van der Waals surface area contributed by atoms with Crippen LogP contribution in [0.3, 0.4) is 0 Å². The maximum absolute atomic E-state index is 13.6. The third-order valence-corrected chi connectivity index (χ3v) is 3.53. The summed E-state index contributed by atoms with van der Waals surface area (Å²) in [5.74, 6) is -1.25. The molecule has 0 aliphatic heterocycles. The van der Waals surface area contributed by atoms with E-state index < -0.39 is 17.8 Å². The quantitative estimate of drug-likeness (QED) is 0.868. The molecule has 0 unspecified atom stereocenters. The zero-order valence-corrected chi connectivity index (χ0v) is 10.6. The first kappa shape index (κ1) is 13.3. The van der Waals surface area contributed by atoms with E-state index >= 15 is 0 Å². The van der Waals surface area contributed by atoms with E-state index in [1.807, 2.05) is 0 Å². The minimum Gasteiger partial charge on any atom is -0.391 e. The van der Waals surface area contributed by atoms with Crippen LogP contribution in [0.5, 0.6) is 0 Å². The van der Waals surface area contributed by atoms with Crippen molar-refractivity contribution in [2.75, 3.05) is 0 Å². The number of rotatable bonds is 2. The van der Waals surface area contributed by atoms with E-state index in [1.165, 1.54) is 18.2 Å².